The van der Waals surface area contributed by atoms with Crippen molar-refractivity contribution in [1.29, 1.82) is 0 Å². The molecule has 0 radical (unpaired) electrons. The van der Waals surface area contributed by atoms with Gasteiger partial charge in [-0.3, -0.25) is 9.69 Å². The number of ether oxygens (including phenoxy) is 1. The van der Waals surface area contributed by atoms with Crippen LogP contribution in [0.4, 0.5) is 0 Å². The van der Waals surface area contributed by atoms with Crippen LogP contribution in [0.3, 0.4) is 0 Å². The molecule has 0 bridgehead atoms. The summed E-state index contributed by atoms with van der Waals surface area (Å²) in [6.45, 7) is 5.96. The number of carbonyl (C=O) groups is 1. The number of hydrogen-bond acceptors (Lipinski definition) is 3. The maximum absolute atomic E-state index is 11.0. The molecule has 1 aliphatic carbocycles. The number of hydrogen-bond donors (Lipinski definition) is 1. The molecule has 0 aromatic carbocycles. The topological polar surface area (TPSA) is 49.8 Å². The molecule has 0 aliphatic heterocycles. The first-order chi connectivity index (χ1) is 8.56. The van der Waals surface area contributed by atoms with E-state index in [-0.39, 0.29) is 6.54 Å². The minimum atomic E-state index is -0.737. The van der Waals surface area contributed by atoms with Gasteiger partial charge in [0.25, 0.3) is 0 Å². The number of methoxy groups -OCH3 is 1. The summed E-state index contributed by atoms with van der Waals surface area (Å²) in [6.07, 6.45) is 4.85. The zero-order chi connectivity index (χ0) is 13.5. The Bertz CT molecular complexity index is 255. The van der Waals surface area contributed by atoms with Crippen LogP contribution in [0.15, 0.2) is 0 Å². The van der Waals surface area contributed by atoms with Crippen molar-refractivity contribution in [3.05, 3.63) is 0 Å². The summed E-state index contributed by atoms with van der Waals surface area (Å²) in [7, 11) is 1.67. The first-order valence-electron chi connectivity index (χ1n) is 7.01. The Morgan fingerprint density at radius 1 is 1.39 bits per heavy atom. The quantitative estimate of drug-likeness (QED) is 0.760. The lowest BCUT2D eigenvalue weighted by Gasteiger charge is -2.41. The van der Waals surface area contributed by atoms with E-state index in [1.165, 1.54) is 19.3 Å². The highest BCUT2D eigenvalue weighted by Gasteiger charge is 2.32. The largest absolute Gasteiger partial charge is 0.480 e. The number of aliphatic carboxylic acids is 1. The van der Waals surface area contributed by atoms with Gasteiger partial charge in [0.1, 0.15) is 0 Å². The highest BCUT2D eigenvalue weighted by molar-refractivity contribution is 5.69. The second-order valence-electron chi connectivity index (χ2n) is 5.62. The Kier molecular flexibility index (Phi) is 6.65. The lowest BCUT2D eigenvalue weighted by molar-refractivity contribution is -0.139. The Morgan fingerprint density at radius 3 is 2.61 bits per heavy atom. The van der Waals surface area contributed by atoms with Gasteiger partial charge in [-0.05, 0) is 24.7 Å². The van der Waals surface area contributed by atoms with Gasteiger partial charge in [-0.15, -0.1) is 0 Å². The Hall–Kier alpha value is -0.610. The zero-order valence-corrected chi connectivity index (χ0v) is 11.9. The molecular formula is C14H27NO3. The molecule has 0 amide bonds. The third-order valence-electron chi connectivity index (χ3n) is 4.03. The minimum absolute atomic E-state index is 0.136. The van der Waals surface area contributed by atoms with E-state index in [1.807, 2.05) is 0 Å². The van der Waals surface area contributed by atoms with Crippen LogP contribution in [0, 0.1) is 11.8 Å². The van der Waals surface area contributed by atoms with E-state index >= 15 is 0 Å². The molecule has 1 N–H and O–H groups in total. The Labute approximate surface area is 110 Å². The second-order valence-corrected chi connectivity index (χ2v) is 5.62. The second kappa shape index (κ2) is 7.74. The molecule has 106 valence electrons. The van der Waals surface area contributed by atoms with Crippen molar-refractivity contribution in [1.82, 2.24) is 4.90 Å². The third-order valence-corrected chi connectivity index (χ3v) is 4.03. The molecule has 1 aliphatic rings. The maximum atomic E-state index is 11.0. The number of carboxylic acids is 1. The van der Waals surface area contributed by atoms with Crippen molar-refractivity contribution >= 4 is 5.97 Å². The van der Waals surface area contributed by atoms with Gasteiger partial charge in [-0.2, -0.15) is 0 Å². The Balaban J connectivity index is 2.69. The molecule has 1 saturated carbocycles. The predicted octanol–water partition coefficient (Wildman–Crippen LogP) is 2.23. The highest BCUT2D eigenvalue weighted by atomic mass is 16.5. The van der Waals surface area contributed by atoms with Crippen LogP contribution in [0.2, 0.25) is 0 Å². The van der Waals surface area contributed by atoms with Crippen LogP contribution >= 0.6 is 0 Å². The first kappa shape index (κ1) is 15.4. The van der Waals surface area contributed by atoms with E-state index in [4.69, 9.17) is 9.84 Å². The smallest absolute Gasteiger partial charge is 0.317 e. The fraction of sp³-hybridized carbons (Fsp3) is 0.929. The van der Waals surface area contributed by atoms with Crippen LogP contribution in [-0.4, -0.2) is 48.8 Å². The lowest BCUT2D eigenvalue weighted by atomic mass is 9.77. The number of rotatable bonds is 7. The van der Waals surface area contributed by atoms with Gasteiger partial charge in [0.05, 0.1) is 13.2 Å². The molecule has 1 rings (SSSR count). The normalized spacial score (nSPS) is 24.7. The van der Waals surface area contributed by atoms with Crippen molar-refractivity contribution in [2.75, 3.05) is 26.8 Å². The first-order valence-corrected chi connectivity index (χ1v) is 7.01. The van der Waals surface area contributed by atoms with Crippen LogP contribution in [0.5, 0.6) is 0 Å². The summed E-state index contributed by atoms with van der Waals surface area (Å²) in [5.74, 6) is 0.503. The molecule has 0 aromatic heterocycles. The SMILES string of the molecule is COCCN(CC(=O)O)C1CCCCC1C(C)C. The summed E-state index contributed by atoms with van der Waals surface area (Å²) >= 11 is 0. The number of nitrogens with zero attached hydrogens (tertiary/aromatic N) is 1. The molecule has 0 spiro atoms. The lowest BCUT2D eigenvalue weighted by Crippen LogP contribution is -2.47. The van der Waals surface area contributed by atoms with Crippen molar-refractivity contribution in [2.24, 2.45) is 11.8 Å². The Morgan fingerprint density at radius 2 is 2.06 bits per heavy atom. The van der Waals surface area contributed by atoms with E-state index in [0.29, 0.717) is 24.5 Å². The molecule has 1 fully saturated rings. The van der Waals surface area contributed by atoms with Crippen LogP contribution in [0.25, 0.3) is 0 Å². The third kappa shape index (κ3) is 4.58. The minimum Gasteiger partial charge on any atom is -0.480 e. The average Bonchev–Trinajstić information content (AvgIpc) is 2.34. The van der Waals surface area contributed by atoms with E-state index in [9.17, 15) is 4.79 Å². The maximum Gasteiger partial charge on any atom is 0.317 e. The molecule has 0 saturated heterocycles. The predicted molar refractivity (Wildman–Crippen MR) is 71.7 cm³/mol. The van der Waals surface area contributed by atoms with Crippen LogP contribution < -0.4 is 0 Å². The van der Waals surface area contributed by atoms with E-state index in [1.54, 1.807) is 7.11 Å². The molecule has 18 heavy (non-hydrogen) atoms. The average molecular weight is 257 g/mol. The molecule has 2 atom stereocenters. The highest BCUT2D eigenvalue weighted by Crippen LogP contribution is 2.33. The monoisotopic (exact) mass is 257 g/mol. The summed E-state index contributed by atoms with van der Waals surface area (Å²) in [5.41, 5.74) is 0. The van der Waals surface area contributed by atoms with Gasteiger partial charge in [0.2, 0.25) is 0 Å². The summed E-state index contributed by atoms with van der Waals surface area (Å²) in [4.78, 5) is 13.1. The molecule has 0 aromatic rings. The van der Waals surface area contributed by atoms with Gasteiger partial charge < -0.3 is 9.84 Å². The van der Waals surface area contributed by atoms with Crippen molar-refractivity contribution in [2.45, 2.75) is 45.6 Å². The van der Waals surface area contributed by atoms with Gasteiger partial charge in [-0.25, -0.2) is 0 Å². The van der Waals surface area contributed by atoms with Crippen molar-refractivity contribution < 1.29 is 14.6 Å². The molecule has 4 heteroatoms. The fourth-order valence-corrected chi connectivity index (χ4v) is 3.12. The van der Waals surface area contributed by atoms with E-state index in [0.717, 1.165) is 13.0 Å². The summed E-state index contributed by atoms with van der Waals surface area (Å²) in [6, 6.07) is 0.407. The summed E-state index contributed by atoms with van der Waals surface area (Å²) < 4.78 is 5.11. The van der Waals surface area contributed by atoms with Gasteiger partial charge >= 0.3 is 5.97 Å². The standard InChI is InChI=1S/C14H27NO3/c1-11(2)12-6-4-5-7-13(12)15(8-9-18-3)10-14(16)17/h11-13H,4-10H2,1-3H3,(H,16,17). The van der Waals surface area contributed by atoms with E-state index in [2.05, 4.69) is 18.7 Å². The fourth-order valence-electron chi connectivity index (χ4n) is 3.12. The van der Waals surface area contributed by atoms with E-state index < -0.39 is 5.97 Å². The van der Waals surface area contributed by atoms with Crippen molar-refractivity contribution in [3.8, 4) is 0 Å². The zero-order valence-electron chi connectivity index (χ0n) is 11.9. The summed E-state index contributed by atoms with van der Waals surface area (Å²) in [5, 5.41) is 9.06. The van der Waals surface area contributed by atoms with Crippen LogP contribution in [-0.2, 0) is 9.53 Å². The number of carboxylic acid groups (broad SMARTS) is 1. The van der Waals surface area contributed by atoms with Crippen LogP contribution in [0.1, 0.15) is 39.5 Å². The van der Waals surface area contributed by atoms with Crippen molar-refractivity contribution in [3.63, 3.8) is 0 Å². The van der Waals surface area contributed by atoms with Gasteiger partial charge in [-0.1, -0.05) is 26.7 Å². The van der Waals surface area contributed by atoms with Gasteiger partial charge in [0.15, 0.2) is 0 Å². The molecule has 0 heterocycles. The molecular weight excluding hydrogens is 230 g/mol. The van der Waals surface area contributed by atoms with Gasteiger partial charge in [0, 0.05) is 19.7 Å². The molecule has 2 unspecified atom stereocenters. The molecule has 4 nitrogen and oxygen atoms in total.